The van der Waals surface area contributed by atoms with Crippen LogP contribution in [0.5, 0.6) is 0 Å². The number of hydrogen-bond donors (Lipinski definition) is 0. The second-order valence-corrected chi connectivity index (χ2v) is 7.42. The molecule has 1 aromatic carbocycles. The Kier molecular flexibility index (Phi) is 5.54. The van der Waals surface area contributed by atoms with Gasteiger partial charge in [-0.05, 0) is 23.0 Å². The van der Waals surface area contributed by atoms with E-state index in [1.54, 1.807) is 6.08 Å². The van der Waals surface area contributed by atoms with Gasteiger partial charge in [-0.2, -0.15) is 13.2 Å². The van der Waals surface area contributed by atoms with Crippen LogP contribution in [0.25, 0.3) is 0 Å². The monoisotopic (exact) mass is 394 g/mol. The smallest absolute Gasteiger partial charge is 0.454 e. The lowest BCUT2D eigenvalue weighted by Gasteiger charge is -2.08. The molecular weight excluding hydrogens is 380 g/mol. The van der Waals surface area contributed by atoms with E-state index in [4.69, 9.17) is 27.9 Å². The number of allylic oxidation sites excluding steroid dienone is 1. The third-order valence-electron chi connectivity index (χ3n) is 4.32. The average Bonchev–Trinajstić information content (AvgIpc) is 3.03. The first-order valence-electron chi connectivity index (χ1n) is 7.34. The van der Waals surface area contributed by atoms with E-state index in [0.29, 0.717) is 5.56 Å². The molecule has 8 heteroatoms. The fourth-order valence-electron chi connectivity index (χ4n) is 2.73. The largest absolute Gasteiger partial charge is 0.461 e. The lowest BCUT2D eigenvalue weighted by atomic mass is 10.1. The van der Waals surface area contributed by atoms with Gasteiger partial charge in [-0.1, -0.05) is 61.3 Å². The molecule has 0 aliphatic heterocycles. The molecule has 25 heavy (non-hydrogen) atoms. The van der Waals surface area contributed by atoms with Crippen LogP contribution in [0.1, 0.15) is 29.8 Å². The zero-order chi connectivity index (χ0) is 19.0. The summed E-state index contributed by atoms with van der Waals surface area (Å²) in [7, 11) is 0. The van der Waals surface area contributed by atoms with E-state index >= 15 is 0 Å². The van der Waals surface area contributed by atoms with Crippen molar-refractivity contribution in [2.45, 2.75) is 26.6 Å². The quantitative estimate of drug-likeness (QED) is 0.517. The Morgan fingerprint density at radius 2 is 1.76 bits per heavy atom. The highest BCUT2D eigenvalue weighted by Crippen LogP contribution is 2.60. The molecule has 1 aliphatic carbocycles. The summed E-state index contributed by atoms with van der Waals surface area (Å²) in [5.74, 6) is -2.86. The molecule has 3 nitrogen and oxygen atoms in total. The standard InChI is InChI=1S/C17H15Cl2F3O3/c1-16(2)11(7-12(18)19)13(16)15(24)25-8-9-3-5-10(6-4-9)14(23)17(20,21)22/h3-7,11,13H,8H2,1-2H3. The zero-order valence-electron chi connectivity index (χ0n) is 13.4. The summed E-state index contributed by atoms with van der Waals surface area (Å²) in [6.45, 7) is 3.67. The first-order valence-corrected chi connectivity index (χ1v) is 8.10. The molecule has 0 saturated heterocycles. The summed E-state index contributed by atoms with van der Waals surface area (Å²) in [6.07, 6.45) is -3.33. The van der Waals surface area contributed by atoms with Crippen LogP contribution < -0.4 is 0 Å². The van der Waals surface area contributed by atoms with Gasteiger partial charge in [0.05, 0.1) is 5.92 Å². The Hall–Kier alpha value is -1.53. The van der Waals surface area contributed by atoms with E-state index in [1.165, 1.54) is 12.1 Å². The van der Waals surface area contributed by atoms with Crippen LogP contribution in [0.15, 0.2) is 34.8 Å². The van der Waals surface area contributed by atoms with Crippen LogP contribution in [0.3, 0.4) is 0 Å². The van der Waals surface area contributed by atoms with E-state index in [0.717, 1.165) is 12.1 Å². The normalized spacial score (nSPS) is 21.4. The molecule has 2 atom stereocenters. The second kappa shape index (κ2) is 7.00. The third-order valence-corrected chi connectivity index (χ3v) is 4.58. The van der Waals surface area contributed by atoms with Crippen molar-refractivity contribution in [2.75, 3.05) is 0 Å². The summed E-state index contributed by atoms with van der Waals surface area (Å²) in [4.78, 5) is 23.3. The maximum atomic E-state index is 12.3. The molecule has 0 aromatic heterocycles. The minimum Gasteiger partial charge on any atom is -0.461 e. The summed E-state index contributed by atoms with van der Waals surface area (Å²) in [6, 6.07) is 4.74. The number of benzene rings is 1. The number of rotatable bonds is 5. The molecule has 1 saturated carbocycles. The van der Waals surface area contributed by atoms with Crippen LogP contribution in [-0.2, 0) is 16.1 Å². The zero-order valence-corrected chi connectivity index (χ0v) is 14.9. The van der Waals surface area contributed by atoms with Crippen molar-refractivity contribution in [3.05, 3.63) is 46.0 Å². The minimum atomic E-state index is -4.92. The summed E-state index contributed by atoms with van der Waals surface area (Å²) in [5, 5.41) is 0. The number of carbonyl (C=O) groups is 2. The Labute approximate surface area is 152 Å². The third kappa shape index (κ3) is 4.55. The molecule has 0 N–H and O–H groups in total. The molecule has 0 bridgehead atoms. The highest BCUT2D eigenvalue weighted by atomic mass is 35.5. The number of esters is 1. The maximum absolute atomic E-state index is 12.3. The number of ketones is 1. The lowest BCUT2D eigenvalue weighted by molar-refractivity contribution is -0.147. The fraction of sp³-hybridized carbons (Fsp3) is 0.412. The van der Waals surface area contributed by atoms with Crippen LogP contribution in [0.2, 0.25) is 0 Å². The molecule has 2 rings (SSSR count). The Morgan fingerprint density at radius 1 is 1.20 bits per heavy atom. The maximum Gasteiger partial charge on any atom is 0.454 e. The van der Waals surface area contributed by atoms with Gasteiger partial charge in [0.25, 0.3) is 5.78 Å². The summed E-state index contributed by atoms with van der Waals surface area (Å²) < 4.78 is 42.3. The van der Waals surface area contributed by atoms with Crippen molar-refractivity contribution in [3.8, 4) is 0 Å². The minimum absolute atomic E-state index is 0.0818. The van der Waals surface area contributed by atoms with E-state index in [2.05, 4.69) is 0 Å². The van der Waals surface area contributed by atoms with E-state index in [9.17, 15) is 22.8 Å². The van der Waals surface area contributed by atoms with Gasteiger partial charge < -0.3 is 4.74 Å². The highest BCUT2D eigenvalue weighted by Gasteiger charge is 2.61. The summed E-state index contributed by atoms with van der Waals surface area (Å²) >= 11 is 11.2. The van der Waals surface area contributed by atoms with Gasteiger partial charge in [-0.25, -0.2) is 0 Å². The Bertz CT molecular complexity index is 705. The fourth-order valence-corrected chi connectivity index (χ4v) is 3.01. The van der Waals surface area contributed by atoms with Crippen molar-refractivity contribution >= 4 is 35.0 Å². The van der Waals surface area contributed by atoms with Gasteiger partial charge in [-0.3, -0.25) is 9.59 Å². The van der Waals surface area contributed by atoms with Gasteiger partial charge in [0.15, 0.2) is 0 Å². The SMILES string of the molecule is CC1(C)C(C=C(Cl)Cl)C1C(=O)OCc1ccc(C(=O)C(F)(F)F)cc1. The van der Waals surface area contributed by atoms with Gasteiger partial charge in [0, 0.05) is 5.56 Å². The molecule has 1 aliphatic rings. The first kappa shape index (κ1) is 19.8. The second-order valence-electron chi connectivity index (χ2n) is 6.41. The van der Waals surface area contributed by atoms with Gasteiger partial charge >= 0.3 is 12.1 Å². The number of hydrogen-bond acceptors (Lipinski definition) is 3. The van der Waals surface area contributed by atoms with E-state index in [1.807, 2.05) is 13.8 Å². The molecule has 1 aromatic rings. The van der Waals surface area contributed by atoms with Gasteiger partial charge in [-0.15, -0.1) is 0 Å². The van der Waals surface area contributed by atoms with Crippen LogP contribution >= 0.6 is 23.2 Å². The molecule has 1 fully saturated rings. The molecule has 0 spiro atoms. The molecule has 136 valence electrons. The molecule has 0 heterocycles. The van der Waals surface area contributed by atoms with Crippen molar-refractivity contribution in [1.82, 2.24) is 0 Å². The molecular formula is C17H15Cl2F3O3. The predicted octanol–water partition coefficient (Wildman–Crippen LogP) is 5.07. The first-order chi connectivity index (χ1) is 11.4. The van der Waals surface area contributed by atoms with Crippen LogP contribution in [-0.4, -0.2) is 17.9 Å². The topological polar surface area (TPSA) is 43.4 Å². The number of ether oxygens (including phenoxy) is 1. The molecule has 0 radical (unpaired) electrons. The van der Waals surface area contributed by atoms with Crippen LogP contribution in [0, 0.1) is 17.3 Å². The van der Waals surface area contributed by atoms with Crippen molar-refractivity contribution in [3.63, 3.8) is 0 Å². The number of Topliss-reactive ketones (excluding diaryl/α,β-unsaturated/α-hetero) is 1. The Balaban J connectivity index is 1.95. The van der Waals surface area contributed by atoms with Gasteiger partial charge in [0.2, 0.25) is 0 Å². The highest BCUT2D eigenvalue weighted by molar-refractivity contribution is 6.55. The average molecular weight is 395 g/mol. The number of carbonyl (C=O) groups excluding carboxylic acids is 2. The van der Waals surface area contributed by atoms with E-state index in [-0.39, 0.29) is 28.3 Å². The molecule has 0 amide bonds. The number of alkyl halides is 3. The van der Waals surface area contributed by atoms with E-state index < -0.39 is 23.5 Å². The predicted molar refractivity (Wildman–Crippen MR) is 87.2 cm³/mol. The summed E-state index contributed by atoms with van der Waals surface area (Å²) in [5.41, 5.74) is -0.310. The van der Waals surface area contributed by atoms with Crippen molar-refractivity contribution in [2.24, 2.45) is 17.3 Å². The van der Waals surface area contributed by atoms with Crippen molar-refractivity contribution in [1.29, 1.82) is 0 Å². The number of halogens is 5. The Morgan fingerprint density at radius 3 is 2.24 bits per heavy atom. The molecule has 2 unspecified atom stereocenters. The van der Waals surface area contributed by atoms with Crippen LogP contribution in [0.4, 0.5) is 13.2 Å². The lowest BCUT2D eigenvalue weighted by Crippen LogP contribution is -2.22. The van der Waals surface area contributed by atoms with Gasteiger partial charge in [0.1, 0.15) is 11.1 Å². The van der Waals surface area contributed by atoms with Crippen molar-refractivity contribution < 1.29 is 27.5 Å².